The van der Waals surface area contributed by atoms with Crippen molar-refractivity contribution in [1.82, 2.24) is 0 Å². The van der Waals surface area contributed by atoms with E-state index >= 15 is 0 Å². The highest BCUT2D eigenvalue weighted by atomic mass is 16.3. The van der Waals surface area contributed by atoms with Gasteiger partial charge in [0.25, 0.3) is 0 Å². The normalized spacial score (nSPS) is 11.2. The summed E-state index contributed by atoms with van der Waals surface area (Å²) in [5, 5.41) is 2.22. The van der Waals surface area contributed by atoms with Gasteiger partial charge in [0.2, 0.25) is 0 Å². The second kappa shape index (κ2) is 11.8. The summed E-state index contributed by atoms with van der Waals surface area (Å²) in [6.45, 7) is 2.22. The Bertz CT molecular complexity index is 2270. The Labute approximate surface area is 269 Å². The minimum atomic E-state index is 0.868. The van der Waals surface area contributed by atoms with Gasteiger partial charge < -0.3 is 14.2 Å². The van der Waals surface area contributed by atoms with Crippen molar-refractivity contribution in [1.29, 1.82) is 0 Å². The van der Waals surface area contributed by atoms with Crippen LogP contribution in [0.4, 0.5) is 34.1 Å². The lowest BCUT2D eigenvalue weighted by atomic mass is 10.0. The number of fused-ring (bicyclic) bond motifs is 3. The van der Waals surface area contributed by atoms with E-state index in [-0.39, 0.29) is 0 Å². The standard InChI is InChI=1S/C43H32N2O/c1-31-39(44(34-19-7-3-8-20-34)36-23-13-18-33(30-36)32-16-5-2-6-17-32)26-15-27-40(31)45(35-21-9-4-10-22-35)41-28-14-25-38-37-24-11-12-29-42(37)46-43(38)41/h2-30H,1H3. The maximum atomic E-state index is 6.57. The Morgan fingerprint density at radius 1 is 0.391 bits per heavy atom. The predicted molar refractivity (Wildman–Crippen MR) is 193 cm³/mol. The van der Waals surface area contributed by atoms with Crippen LogP contribution < -0.4 is 9.80 Å². The van der Waals surface area contributed by atoms with Gasteiger partial charge in [0.15, 0.2) is 5.58 Å². The number of para-hydroxylation sites is 4. The number of rotatable bonds is 7. The van der Waals surface area contributed by atoms with Crippen molar-refractivity contribution in [2.24, 2.45) is 0 Å². The van der Waals surface area contributed by atoms with Gasteiger partial charge in [-0.25, -0.2) is 0 Å². The van der Waals surface area contributed by atoms with Crippen LogP contribution >= 0.6 is 0 Å². The van der Waals surface area contributed by atoms with Gasteiger partial charge in [-0.05, 0) is 84.3 Å². The molecule has 8 rings (SSSR count). The maximum Gasteiger partial charge on any atom is 0.159 e. The summed E-state index contributed by atoms with van der Waals surface area (Å²) in [6, 6.07) is 61.8. The van der Waals surface area contributed by atoms with Gasteiger partial charge in [-0.2, -0.15) is 0 Å². The lowest BCUT2D eigenvalue weighted by molar-refractivity contribution is 0.669. The SMILES string of the molecule is Cc1c(N(c2ccccc2)c2cccc(-c3ccccc3)c2)cccc1N(c1ccccc1)c1cccc2c1oc1ccccc12. The molecule has 3 nitrogen and oxygen atoms in total. The lowest BCUT2D eigenvalue weighted by Crippen LogP contribution is -2.15. The fraction of sp³-hybridized carbons (Fsp3) is 0.0233. The molecule has 0 saturated carbocycles. The summed E-state index contributed by atoms with van der Waals surface area (Å²) < 4.78 is 6.57. The van der Waals surface area contributed by atoms with Crippen molar-refractivity contribution in [3.8, 4) is 11.1 Å². The molecule has 0 bridgehead atoms. The van der Waals surface area contributed by atoms with Gasteiger partial charge in [-0.15, -0.1) is 0 Å². The van der Waals surface area contributed by atoms with E-state index in [0.717, 1.165) is 61.6 Å². The van der Waals surface area contributed by atoms with Crippen LogP contribution in [0.3, 0.4) is 0 Å². The van der Waals surface area contributed by atoms with Crippen molar-refractivity contribution in [2.75, 3.05) is 9.80 Å². The van der Waals surface area contributed by atoms with Crippen LogP contribution in [0, 0.1) is 6.92 Å². The van der Waals surface area contributed by atoms with E-state index in [9.17, 15) is 0 Å². The summed E-state index contributed by atoms with van der Waals surface area (Å²) in [7, 11) is 0. The molecule has 220 valence electrons. The quantitative estimate of drug-likeness (QED) is 0.184. The highest BCUT2D eigenvalue weighted by Gasteiger charge is 2.23. The van der Waals surface area contributed by atoms with E-state index in [1.807, 2.05) is 12.1 Å². The third-order valence-corrected chi connectivity index (χ3v) is 8.62. The average molecular weight is 593 g/mol. The Morgan fingerprint density at radius 2 is 0.891 bits per heavy atom. The number of hydrogen-bond donors (Lipinski definition) is 0. The topological polar surface area (TPSA) is 19.6 Å². The second-order valence-corrected chi connectivity index (χ2v) is 11.4. The van der Waals surface area contributed by atoms with Gasteiger partial charge in [0, 0.05) is 27.8 Å². The van der Waals surface area contributed by atoms with Gasteiger partial charge >= 0.3 is 0 Å². The molecule has 0 spiro atoms. The Morgan fingerprint density at radius 3 is 1.63 bits per heavy atom. The van der Waals surface area contributed by atoms with Gasteiger partial charge in [0.05, 0.1) is 17.1 Å². The van der Waals surface area contributed by atoms with Crippen LogP contribution in [0.25, 0.3) is 33.1 Å². The molecule has 0 amide bonds. The van der Waals surface area contributed by atoms with E-state index in [4.69, 9.17) is 4.42 Å². The summed E-state index contributed by atoms with van der Waals surface area (Å²) in [5.74, 6) is 0. The predicted octanol–water partition coefficient (Wildman–Crippen LogP) is 12.5. The number of anilines is 6. The molecule has 0 unspecified atom stereocenters. The molecule has 0 fully saturated rings. The molecular formula is C43H32N2O. The molecule has 0 aliphatic rings. The molecule has 7 aromatic carbocycles. The summed E-state index contributed by atoms with van der Waals surface area (Å²) in [6.07, 6.45) is 0. The first-order valence-electron chi connectivity index (χ1n) is 15.6. The highest BCUT2D eigenvalue weighted by molar-refractivity contribution is 6.10. The minimum Gasteiger partial charge on any atom is -0.454 e. The van der Waals surface area contributed by atoms with E-state index in [1.54, 1.807) is 0 Å². The van der Waals surface area contributed by atoms with Crippen molar-refractivity contribution in [3.05, 3.63) is 181 Å². The van der Waals surface area contributed by atoms with E-state index in [1.165, 1.54) is 11.1 Å². The third-order valence-electron chi connectivity index (χ3n) is 8.62. The number of hydrogen-bond acceptors (Lipinski definition) is 3. The molecule has 0 N–H and O–H groups in total. The Kier molecular flexibility index (Phi) is 7.05. The first-order chi connectivity index (χ1) is 22.8. The maximum absolute atomic E-state index is 6.57. The Hall–Kier alpha value is -6.06. The van der Waals surface area contributed by atoms with Crippen molar-refractivity contribution < 1.29 is 4.42 Å². The first kappa shape index (κ1) is 27.5. The molecule has 8 aromatic rings. The summed E-state index contributed by atoms with van der Waals surface area (Å²) in [4.78, 5) is 4.68. The van der Waals surface area contributed by atoms with E-state index in [2.05, 4.69) is 181 Å². The van der Waals surface area contributed by atoms with Gasteiger partial charge in [0.1, 0.15) is 5.58 Å². The lowest BCUT2D eigenvalue weighted by Gasteiger charge is -2.32. The van der Waals surface area contributed by atoms with Crippen LogP contribution in [0.1, 0.15) is 5.56 Å². The van der Waals surface area contributed by atoms with E-state index in [0.29, 0.717) is 0 Å². The molecular weight excluding hydrogens is 560 g/mol. The van der Waals surface area contributed by atoms with Crippen molar-refractivity contribution >= 4 is 56.1 Å². The smallest absolute Gasteiger partial charge is 0.159 e. The zero-order valence-corrected chi connectivity index (χ0v) is 25.5. The summed E-state index contributed by atoms with van der Waals surface area (Å²) in [5.41, 5.74) is 11.7. The number of benzene rings is 7. The molecule has 0 atom stereocenters. The minimum absolute atomic E-state index is 0.868. The zero-order chi connectivity index (χ0) is 30.9. The van der Waals surface area contributed by atoms with Crippen molar-refractivity contribution in [3.63, 3.8) is 0 Å². The molecule has 0 aliphatic heterocycles. The highest BCUT2D eigenvalue weighted by Crippen LogP contribution is 2.46. The molecule has 1 aromatic heterocycles. The van der Waals surface area contributed by atoms with Crippen LogP contribution in [0.2, 0.25) is 0 Å². The molecule has 46 heavy (non-hydrogen) atoms. The molecule has 0 radical (unpaired) electrons. The molecule has 0 aliphatic carbocycles. The largest absolute Gasteiger partial charge is 0.454 e. The first-order valence-corrected chi connectivity index (χ1v) is 15.6. The van der Waals surface area contributed by atoms with Crippen molar-refractivity contribution in [2.45, 2.75) is 6.92 Å². The second-order valence-electron chi connectivity index (χ2n) is 11.4. The van der Waals surface area contributed by atoms with E-state index < -0.39 is 0 Å². The third kappa shape index (κ3) is 4.89. The van der Waals surface area contributed by atoms with Gasteiger partial charge in [-0.1, -0.05) is 115 Å². The monoisotopic (exact) mass is 592 g/mol. The van der Waals surface area contributed by atoms with Crippen LogP contribution in [0.5, 0.6) is 0 Å². The number of nitrogens with zero attached hydrogens (tertiary/aromatic N) is 2. The fourth-order valence-electron chi connectivity index (χ4n) is 6.45. The Balaban J connectivity index is 1.34. The van der Waals surface area contributed by atoms with Crippen LogP contribution in [-0.4, -0.2) is 0 Å². The molecule has 0 saturated heterocycles. The molecule has 1 heterocycles. The zero-order valence-electron chi connectivity index (χ0n) is 25.5. The molecule has 3 heteroatoms. The number of furan rings is 1. The van der Waals surface area contributed by atoms with Gasteiger partial charge in [-0.3, -0.25) is 0 Å². The van der Waals surface area contributed by atoms with Crippen LogP contribution in [-0.2, 0) is 0 Å². The average Bonchev–Trinajstić information content (AvgIpc) is 3.51. The fourth-order valence-corrected chi connectivity index (χ4v) is 6.45. The van der Waals surface area contributed by atoms with Crippen LogP contribution in [0.15, 0.2) is 180 Å². The summed E-state index contributed by atoms with van der Waals surface area (Å²) >= 11 is 0.